The third kappa shape index (κ3) is 4.31. The number of carbonyl (C=O) groups excluding carboxylic acids is 1. The molecule has 1 atom stereocenters. The standard InChI is InChI=1S/C20H25N5O4S2/c1-12-10-18(14(3)30-12)31(28,29)25-8-6-24(7-9-25)13(2)19(26)21-15-4-5-16-17(11-15)23-20(27)22-16/h4-5,10-11,13H,6-9H2,1-3H3,(H,21,26)(H2,22,23,27). The summed E-state index contributed by atoms with van der Waals surface area (Å²) in [5, 5.41) is 2.87. The van der Waals surface area contributed by atoms with Crippen LogP contribution in [0.2, 0.25) is 0 Å². The van der Waals surface area contributed by atoms with Crippen molar-refractivity contribution in [1.29, 1.82) is 0 Å². The maximum Gasteiger partial charge on any atom is 0.323 e. The number of nitrogens with one attached hydrogen (secondary N) is 3. The first-order chi connectivity index (χ1) is 14.6. The van der Waals surface area contributed by atoms with Crippen molar-refractivity contribution >= 4 is 44.0 Å². The van der Waals surface area contributed by atoms with Crippen LogP contribution >= 0.6 is 11.3 Å². The lowest BCUT2D eigenvalue weighted by Crippen LogP contribution is -2.53. The fraction of sp³-hybridized carbons (Fsp3) is 0.400. The molecule has 1 aromatic carbocycles. The van der Waals surface area contributed by atoms with Gasteiger partial charge in [-0.1, -0.05) is 0 Å². The lowest BCUT2D eigenvalue weighted by molar-refractivity contribution is -0.121. The predicted molar refractivity (Wildman–Crippen MR) is 121 cm³/mol. The van der Waals surface area contributed by atoms with Crippen molar-refractivity contribution in [3.8, 4) is 0 Å². The van der Waals surface area contributed by atoms with Crippen molar-refractivity contribution in [1.82, 2.24) is 19.2 Å². The number of fused-ring (bicyclic) bond motifs is 1. The number of sulfonamides is 1. The molecule has 0 aliphatic carbocycles. The van der Waals surface area contributed by atoms with Crippen LogP contribution in [-0.4, -0.2) is 65.7 Å². The molecule has 1 unspecified atom stereocenters. The molecule has 166 valence electrons. The number of hydrogen-bond acceptors (Lipinski definition) is 6. The number of nitrogens with zero attached hydrogens (tertiary/aromatic N) is 2. The van der Waals surface area contributed by atoms with Crippen LogP contribution in [-0.2, 0) is 14.8 Å². The number of thiophene rings is 1. The molecule has 1 amide bonds. The van der Waals surface area contributed by atoms with E-state index in [0.717, 1.165) is 9.75 Å². The van der Waals surface area contributed by atoms with Crippen molar-refractivity contribution < 1.29 is 13.2 Å². The second-order valence-electron chi connectivity index (χ2n) is 7.72. The van der Waals surface area contributed by atoms with Gasteiger partial charge in [-0.3, -0.25) is 9.69 Å². The van der Waals surface area contributed by atoms with E-state index in [1.54, 1.807) is 24.3 Å². The largest absolute Gasteiger partial charge is 0.325 e. The van der Waals surface area contributed by atoms with E-state index in [4.69, 9.17) is 0 Å². The predicted octanol–water partition coefficient (Wildman–Crippen LogP) is 1.87. The van der Waals surface area contributed by atoms with Gasteiger partial charge in [0.05, 0.1) is 22.0 Å². The van der Waals surface area contributed by atoms with Gasteiger partial charge in [-0.2, -0.15) is 4.31 Å². The quantitative estimate of drug-likeness (QED) is 0.534. The summed E-state index contributed by atoms with van der Waals surface area (Å²) in [6.45, 7) is 7.16. The zero-order chi connectivity index (χ0) is 22.3. The Morgan fingerprint density at radius 3 is 2.42 bits per heavy atom. The lowest BCUT2D eigenvalue weighted by Gasteiger charge is -2.36. The van der Waals surface area contributed by atoms with E-state index in [1.165, 1.54) is 15.6 Å². The van der Waals surface area contributed by atoms with E-state index in [2.05, 4.69) is 15.3 Å². The van der Waals surface area contributed by atoms with Crippen LogP contribution in [0.4, 0.5) is 5.69 Å². The highest BCUT2D eigenvalue weighted by Gasteiger charge is 2.33. The minimum absolute atomic E-state index is 0.183. The van der Waals surface area contributed by atoms with Crippen molar-refractivity contribution in [2.45, 2.75) is 31.7 Å². The van der Waals surface area contributed by atoms with Gasteiger partial charge in [0.25, 0.3) is 0 Å². The molecule has 31 heavy (non-hydrogen) atoms. The SMILES string of the molecule is Cc1cc(S(=O)(=O)N2CCN(C(C)C(=O)Nc3ccc4[nH]c(=O)[nH]c4c3)CC2)c(C)s1. The number of carbonyl (C=O) groups is 1. The van der Waals surface area contributed by atoms with Gasteiger partial charge >= 0.3 is 5.69 Å². The number of hydrogen-bond donors (Lipinski definition) is 3. The molecule has 0 saturated carbocycles. The monoisotopic (exact) mass is 463 g/mol. The number of H-pyrrole nitrogens is 2. The number of rotatable bonds is 5. The molecular formula is C20H25N5O4S2. The highest BCUT2D eigenvalue weighted by Crippen LogP contribution is 2.28. The Balaban J connectivity index is 1.39. The van der Waals surface area contributed by atoms with E-state index in [0.29, 0.717) is 47.8 Å². The number of benzene rings is 1. The van der Waals surface area contributed by atoms with Crippen molar-refractivity contribution in [2.75, 3.05) is 31.5 Å². The molecule has 1 aliphatic heterocycles. The number of amides is 1. The summed E-state index contributed by atoms with van der Waals surface area (Å²) in [5.41, 5.74) is 1.58. The van der Waals surface area contributed by atoms with E-state index in [-0.39, 0.29) is 11.6 Å². The second kappa shape index (κ2) is 8.23. The number of aromatic nitrogens is 2. The Labute approximate surface area is 184 Å². The molecule has 1 saturated heterocycles. The molecule has 0 bridgehead atoms. The maximum absolute atomic E-state index is 13.0. The van der Waals surface area contributed by atoms with E-state index in [1.807, 2.05) is 25.7 Å². The normalized spacial score (nSPS) is 17.1. The number of anilines is 1. The van der Waals surface area contributed by atoms with Crippen molar-refractivity contribution in [3.05, 3.63) is 44.5 Å². The van der Waals surface area contributed by atoms with Gasteiger partial charge in [0, 0.05) is 41.6 Å². The summed E-state index contributed by atoms with van der Waals surface area (Å²) >= 11 is 1.48. The van der Waals surface area contributed by atoms with Crippen molar-refractivity contribution in [2.24, 2.45) is 0 Å². The zero-order valence-electron chi connectivity index (χ0n) is 17.6. The molecule has 9 nitrogen and oxygen atoms in total. The number of piperazine rings is 1. The van der Waals surface area contributed by atoms with Gasteiger partial charge < -0.3 is 15.3 Å². The van der Waals surface area contributed by atoms with E-state index in [9.17, 15) is 18.0 Å². The molecule has 1 fully saturated rings. The van der Waals surface area contributed by atoms with Crippen molar-refractivity contribution in [3.63, 3.8) is 0 Å². The first kappa shape index (κ1) is 21.8. The van der Waals surface area contributed by atoms with Crippen LogP contribution in [0.3, 0.4) is 0 Å². The lowest BCUT2D eigenvalue weighted by atomic mass is 10.2. The highest BCUT2D eigenvalue weighted by atomic mass is 32.2. The van der Waals surface area contributed by atoms with Gasteiger partial charge in [-0.15, -0.1) is 11.3 Å². The molecular weight excluding hydrogens is 438 g/mol. The van der Waals surface area contributed by atoms with E-state index < -0.39 is 16.1 Å². The molecule has 2 aromatic heterocycles. The molecule has 3 N–H and O–H groups in total. The van der Waals surface area contributed by atoms with E-state index >= 15 is 0 Å². The summed E-state index contributed by atoms with van der Waals surface area (Å²) < 4.78 is 27.5. The number of aryl methyl sites for hydroxylation is 2. The van der Waals surface area contributed by atoms with Crippen LogP contribution < -0.4 is 11.0 Å². The van der Waals surface area contributed by atoms with Gasteiger partial charge in [0.2, 0.25) is 15.9 Å². The summed E-state index contributed by atoms with van der Waals surface area (Å²) in [7, 11) is -3.52. The summed E-state index contributed by atoms with van der Waals surface area (Å²) in [5.74, 6) is -0.183. The summed E-state index contributed by atoms with van der Waals surface area (Å²) in [4.78, 5) is 33.6. The van der Waals surface area contributed by atoms with Gasteiger partial charge in [0.15, 0.2) is 0 Å². The minimum Gasteiger partial charge on any atom is -0.325 e. The van der Waals surface area contributed by atoms with Crippen LogP contribution in [0.5, 0.6) is 0 Å². The number of imidazole rings is 1. The van der Waals surface area contributed by atoms with Gasteiger partial charge in [-0.05, 0) is 45.0 Å². The molecule has 3 aromatic rings. The fourth-order valence-corrected chi connectivity index (χ4v) is 6.80. The first-order valence-corrected chi connectivity index (χ1v) is 12.2. The van der Waals surface area contributed by atoms with Crippen LogP contribution in [0.1, 0.15) is 16.7 Å². The van der Waals surface area contributed by atoms with Crippen LogP contribution in [0.15, 0.2) is 34.0 Å². The molecule has 0 spiro atoms. The maximum atomic E-state index is 13.0. The van der Waals surface area contributed by atoms with Gasteiger partial charge in [-0.25, -0.2) is 13.2 Å². The van der Waals surface area contributed by atoms with Crippen LogP contribution in [0.25, 0.3) is 11.0 Å². The molecule has 0 radical (unpaired) electrons. The third-order valence-corrected chi connectivity index (χ3v) is 8.72. The molecule has 1 aliphatic rings. The average Bonchev–Trinajstić information content (AvgIpc) is 3.27. The molecule has 3 heterocycles. The average molecular weight is 464 g/mol. The Morgan fingerprint density at radius 2 is 1.77 bits per heavy atom. The smallest absolute Gasteiger partial charge is 0.323 e. The number of aromatic amines is 2. The Bertz CT molecular complexity index is 1280. The fourth-order valence-electron chi connectivity index (χ4n) is 3.86. The summed E-state index contributed by atoms with van der Waals surface area (Å²) in [6.07, 6.45) is 0. The Hall–Kier alpha value is -2.47. The Morgan fingerprint density at radius 1 is 1.10 bits per heavy atom. The Kier molecular flexibility index (Phi) is 5.77. The summed E-state index contributed by atoms with van der Waals surface area (Å²) in [6, 6.07) is 6.47. The topological polar surface area (TPSA) is 118 Å². The third-order valence-electron chi connectivity index (χ3n) is 5.60. The minimum atomic E-state index is -3.52. The zero-order valence-corrected chi connectivity index (χ0v) is 19.2. The molecule has 11 heteroatoms. The highest BCUT2D eigenvalue weighted by molar-refractivity contribution is 7.89. The first-order valence-electron chi connectivity index (χ1n) is 9.99. The molecule has 4 rings (SSSR count). The van der Waals surface area contributed by atoms with Crippen LogP contribution in [0, 0.1) is 13.8 Å². The second-order valence-corrected chi connectivity index (χ2v) is 11.1. The van der Waals surface area contributed by atoms with Gasteiger partial charge in [0.1, 0.15) is 0 Å².